The van der Waals surface area contributed by atoms with E-state index in [9.17, 15) is 0 Å². The molecule has 0 aliphatic heterocycles. The number of nitrogens with zero attached hydrogens (tertiary/aromatic N) is 3. The summed E-state index contributed by atoms with van der Waals surface area (Å²) in [5.74, 6) is 1.04. The van der Waals surface area contributed by atoms with Gasteiger partial charge in [-0.25, -0.2) is 4.98 Å². The van der Waals surface area contributed by atoms with Crippen molar-refractivity contribution >= 4 is 5.65 Å². The SMILES string of the molecule is COc1ccc(-c2nc3cnccn3c2C(C)c2ccccc2)cc1. The highest BCUT2D eigenvalue weighted by molar-refractivity contribution is 5.68. The van der Waals surface area contributed by atoms with E-state index in [2.05, 4.69) is 52.7 Å². The fourth-order valence-corrected chi connectivity index (χ4v) is 3.20. The Morgan fingerprint density at radius 3 is 2.48 bits per heavy atom. The Balaban J connectivity index is 1.91. The number of aromatic nitrogens is 3. The Hall–Kier alpha value is -3.14. The summed E-state index contributed by atoms with van der Waals surface area (Å²) >= 11 is 0. The summed E-state index contributed by atoms with van der Waals surface area (Å²) in [4.78, 5) is 9.06. The van der Waals surface area contributed by atoms with E-state index in [4.69, 9.17) is 9.72 Å². The van der Waals surface area contributed by atoms with E-state index in [1.807, 2.05) is 24.4 Å². The van der Waals surface area contributed by atoms with Crippen molar-refractivity contribution in [2.45, 2.75) is 12.8 Å². The van der Waals surface area contributed by atoms with Gasteiger partial charge < -0.3 is 4.74 Å². The quantitative estimate of drug-likeness (QED) is 0.551. The van der Waals surface area contributed by atoms with Crippen molar-refractivity contribution in [1.29, 1.82) is 0 Å². The molecule has 0 aliphatic carbocycles. The van der Waals surface area contributed by atoms with E-state index in [0.717, 1.165) is 28.3 Å². The molecule has 0 radical (unpaired) electrons. The molecule has 4 nitrogen and oxygen atoms in total. The van der Waals surface area contributed by atoms with Crippen LogP contribution in [0.5, 0.6) is 5.75 Å². The van der Waals surface area contributed by atoms with E-state index >= 15 is 0 Å². The monoisotopic (exact) mass is 329 g/mol. The molecule has 2 aromatic carbocycles. The number of benzene rings is 2. The Morgan fingerprint density at radius 2 is 1.76 bits per heavy atom. The van der Waals surface area contributed by atoms with Gasteiger partial charge in [0, 0.05) is 23.9 Å². The van der Waals surface area contributed by atoms with Gasteiger partial charge in [0.1, 0.15) is 5.75 Å². The van der Waals surface area contributed by atoms with Crippen LogP contribution in [0.2, 0.25) is 0 Å². The van der Waals surface area contributed by atoms with Gasteiger partial charge in [0.05, 0.1) is 24.7 Å². The van der Waals surface area contributed by atoms with E-state index in [0.29, 0.717) is 0 Å². The van der Waals surface area contributed by atoms with Crippen LogP contribution in [0.25, 0.3) is 16.9 Å². The summed E-state index contributed by atoms with van der Waals surface area (Å²) in [6, 6.07) is 18.5. The maximum atomic E-state index is 5.28. The zero-order valence-electron chi connectivity index (χ0n) is 14.3. The minimum atomic E-state index is 0.204. The number of ether oxygens (including phenoxy) is 1. The Morgan fingerprint density at radius 1 is 1.00 bits per heavy atom. The molecular weight excluding hydrogens is 310 g/mol. The van der Waals surface area contributed by atoms with Crippen molar-refractivity contribution in [2.75, 3.05) is 7.11 Å². The van der Waals surface area contributed by atoms with Gasteiger partial charge >= 0.3 is 0 Å². The fourth-order valence-electron chi connectivity index (χ4n) is 3.20. The molecule has 4 aromatic rings. The largest absolute Gasteiger partial charge is 0.497 e. The Labute approximate surface area is 146 Å². The fraction of sp³-hybridized carbons (Fsp3) is 0.143. The minimum absolute atomic E-state index is 0.204. The third kappa shape index (κ3) is 2.76. The summed E-state index contributed by atoms with van der Waals surface area (Å²) in [7, 11) is 1.68. The predicted octanol–water partition coefficient (Wildman–Crippen LogP) is 4.56. The molecule has 4 heteroatoms. The number of methoxy groups -OCH3 is 1. The van der Waals surface area contributed by atoms with Gasteiger partial charge in [0.25, 0.3) is 0 Å². The van der Waals surface area contributed by atoms with Crippen molar-refractivity contribution < 1.29 is 4.74 Å². The van der Waals surface area contributed by atoms with Crippen molar-refractivity contribution in [1.82, 2.24) is 14.4 Å². The van der Waals surface area contributed by atoms with Crippen LogP contribution in [0.1, 0.15) is 24.1 Å². The lowest BCUT2D eigenvalue weighted by Crippen LogP contribution is -2.02. The summed E-state index contributed by atoms with van der Waals surface area (Å²) in [6.45, 7) is 2.21. The van der Waals surface area contributed by atoms with Crippen LogP contribution in [-0.4, -0.2) is 21.5 Å². The summed E-state index contributed by atoms with van der Waals surface area (Å²) in [5.41, 5.74) is 5.32. The van der Waals surface area contributed by atoms with Gasteiger partial charge in [0.15, 0.2) is 5.65 Å². The number of fused-ring (bicyclic) bond motifs is 1. The number of imidazole rings is 1. The third-order valence-corrected chi connectivity index (χ3v) is 4.54. The van der Waals surface area contributed by atoms with Crippen LogP contribution in [0, 0.1) is 0 Å². The van der Waals surface area contributed by atoms with Gasteiger partial charge in [-0.2, -0.15) is 0 Å². The van der Waals surface area contributed by atoms with Crippen molar-refractivity contribution in [3.05, 3.63) is 84.4 Å². The van der Waals surface area contributed by atoms with Crippen molar-refractivity contribution in [3.8, 4) is 17.0 Å². The van der Waals surface area contributed by atoms with Crippen molar-refractivity contribution in [2.24, 2.45) is 0 Å². The molecule has 2 aromatic heterocycles. The molecule has 1 unspecified atom stereocenters. The second-order valence-corrected chi connectivity index (χ2v) is 6.01. The lowest BCUT2D eigenvalue weighted by molar-refractivity contribution is 0.415. The lowest BCUT2D eigenvalue weighted by atomic mass is 9.94. The van der Waals surface area contributed by atoms with E-state index in [-0.39, 0.29) is 5.92 Å². The van der Waals surface area contributed by atoms with E-state index in [1.165, 1.54) is 5.56 Å². The highest BCUT2D eigenvalue weighted by Gasteiger charge is 2.20. The molecule has 0 N–H and O–H groups in total. The van der Waals surface area contributed by atoms with Gasteiger partial charge in [0.2, 0.25) is 0 Å². The topological polar surface area (TPSA) is 39.4 Å². The first-order valence-electron chi connectivity index (χ1n) is 8.29. The Kier molecular flexibility index (Phi) is 3.94. The third-order valence-electron chi connectivity index (χ3n) is 4.54. The van der Waals surface area contributed by atoms with Crippen LogP contribution in [0.15, 0.2) is 73.2 Å². The van der Waals surface area contributed by atoms with Gasteiger partial charge in [-0.1, -0.05) is 37.3 Å². The normalized spacial score (nSPS) is 12.2. The predicted molar refractivity (Wildman–Crippen MR) is 98.9 cm³/mol. The second-order valence-electron chi connectivity index (χ2n) is 6.01. The summed E-state index contributed by atoms with van der Waals surface area (Å²) < 4.78 is 7.40. The zero-order chi connectivity index (χ0) is 17.2. The molecule has 0 spiro atoms. The van der Waals surface area contributed by atoms with Gasteiger partial charge in [-0.05, 0) is 29.8 Å². The van der Waals surface area contributed by atoms with Crippen molar-refractivity contribution in [3.63, 3.8) is 0 Å². The molecule has 25 heavy (non-hydrogen) atoms. The molecule has 0 fully saturated rings. The molecule has 0 amide bonds. The number of hydrogen-bond acceptors (Lipinski definition) is 3. The molecule has 0 saturated heterocycles. The highest BCUT2D eigenvalue weighted by atomic mass is 16.5. The maximum Gasteiger partial charge on any atom is 0.156 e. The van der Waals surface area contributed by atoms with Crippen LogP contribution in [0.4, 0.5) is 0 Å². The molecule has 0 aliphatic rings. The average molecular weight is 329 g/mol. The molecule has 4 rings (SSSR count). The molecule has 0 saturated carbocycles. The van der Waals surface area contributed by atoms with Crippen LogP contribution in [0.3, 0.4) is 0 Å². The van der Waals surface area contributed by atoms with E-state index < -0.39 is 0 Å². The molecular formula is C21H19N3O. The first-order chi connectivity index (χ1) is 12.3. The minimum Gasteiger partial charge on any atom is -0.497 e. The first kappa shape index (κ1) is 15.4. The van der Waals surface area contributed by atoms with Gasteiger partial charge in [-0.15, -0.1) is 0 Å². The lowest BCUT2D eigenvalue weighted by Gasteiger charge is -2.14. The van der Waals surface area contributed by atoms with E-state index in [1.54, 1.807) is 19.5 Å². The molecule has 0 bridgehead atoms. The summed E-state index contributed by atoms with van der Waals surface area (Å²) in [6.07, 6.45) is 5.58. The molecule has 124 valence electrons. The summed E-state index contributed by atoms with van der Waals surface area (Å²) in [5, 5.41) is 0. The maximum absolute atomic E-state index is 5.28. The number of hydrogen-bond donors (Lipinski definition) is 0. The van der Waals surface area contributed by atoms with Crippen LogP contribution >= 0.6 is 0 Å². The second kappa shape index (κ2) is 6.40. The smallest absolute Gasteiger partial charge is 0.156 e. The zero-order valence-corrected chi connectivity index (χ0v) is 14.3. The number of rotatable bonds is 4. The van der Waals surface area contributed by atoms with Crippen LogP contribution in [-0.2, 0) is 0 Å². The molecule has 1 atom stereocenters. The van der Waals surface area contributed by atoms with Crippen LogP contribution < -0.4 is 4.74 Å². The average Bonchev–Trinajstić information content (AvgIpc) is 3.07. The van der Waals surface area contributed by atoms with Gasteiger partial charge in [-0.3, -0.25) is 9.38 Å². The molecule has 2 heterocycles. The first-order valence-corrected chi connectivity index (χ1v) is 8.29. The highest BCUT2D eigenvalue weighted by Crippen LogP contribution is 2.34. The standard InChI is InChI=1S/C21H19N3O/c1-15(16-6-4-3-5-7-16)21-20(17-8-10-18(25-2)11-9-17)23-19-14-22-12-13-24(19)21/h3-15H,1-2H3. The Bertz CT molecular complexity index is 991.